The first-order chi connectivity index (χ1) is 10.6. The molecule has 0 aliphatic carbocycles. The fraction of sp³-hybridized carbons (Fsp3) is 0.647. The highest BCUT2D eigenvalue weighted by atomic mass is 16.5. The number of pyridine rings is 1. The molecule has 0 radical (unpaired) electrons. The molecule has 0 unspecified atom stereocenters. The Morgan fingerprint density at radius 2 is 2.14 bits per heavy atom. The predicted molar refractivity (Wildman–Crippen MR) is 88.0 cm³/mol. The summed E-state index contributed by atoms with van der Waals surface area (Å²) in [5, 5.41) is 12.4. The van der Waals surface area contributed by atoms with Crippen LogP contribution in [-0.4, -0.2) is 49.3 Å². The number of anilines is 1. The third-order valence-electron chi connectivity index (χ3n) is 4.22. The van der Waals surface area contributed by atoms with Crippen LogP contribution in [0.2, 0.25) is 0 Å². The lowest BCUT2D eigenvalue weighted by molar-refractivity contribution is 0.0125. The average Bonchev–Trinajstić information content (AvgIpc) is 2.52. The summed E-state index contributed by atoms with van der Waals surface area (Å²) in [6, 6.07) is 4.09. The van der Waals surface area contributed by atoms with Crippen molar-refractivity contribution < 1.29 is 4.74 Å². The van der Waals surface area contributed by atoms with Crippen LogP contribution in [-0.2, 0) is 4.74 Å². The minimum absolute atomic E-state index is 0.408. The molecule has 5 nitrogen and oxygen atoms in total. The van der Waals surface area contributed by atoms with E-state index in [-0.39, 0.29) is 0 Å². The van der Waals surface area contributed by atoms with Crippen LogP contribution >= 0.6 is 0 Å². The van der Waals surface area contributed by atoms with Crippen molar-refractivity contribution in [1.29, 1.82) is 5.26 Å². The van der Waals surface area contributed by atoms with Crippen molar-refractivity contribution in [3.63, 3.8) is 0 Å². The quantitative estimate of drug-likeness (QED) is 0.818. The molecular formula is C17H26N4O. The maximum atomic E-state index is 9.17. The van der Waals surface area contributed by atoms with E-state index in [1.165, 1.54) is 0 Å². The van der Waals surface area contributed by atoms with Gasteiger partial charge in [0.1, 0.15) is 11.9 Å². The Morgan fingerprint density at radius 1 is 1.41 bits per heavy atom. The topological polar surface area (TPSA) is 61.2 Å². The van der Waals surface area contributed by atoms with E-state index in [0.717, 1.165) is 56.8 Å². The largest absolute Gasteiger partial charge is 0.378 e. The molecule has 1 fully saturated rings. The number of hydrogen-bond acceptors (Lipinski definition) is 5. The monoisotopic (exact) mass is 302 g/mol. The maximum absolute atomic E-state index is 9.17. The first-order valence-electron chi connectivity index (χ1n) is 8.02. The first-order valence-corrected chi connectivity index (χ1v) is 8.02. The van der Waals surface area contributed by atoms with E-state index in [4.69, 9.17) is 10.00 Å². The SMILES string of the molecule is Cc1cc(C#N)c(NCCCOC2CCN(C)CC2)nc1C. The van der Waals surface area contributed by atoms with Gasteiger partial charge >= 0.3 is 0 Å². The highest BCUT2D eigenvalue weighted by Crippen LogP contribution is 2.16. The second-order valence-electron chi connectivity index (χ2n) is 6.05. The van der Waals surface area contributed by atoms with E-state index in [2.05, 4.69) is 28.3 Å². The smallest absolute Gasteiger partial charge is 0.144 e. The van der Waals surface area contributed by atoms with Crippen LogP contribution in [0.1, 0.15) is 36.1 Å². The molecule has 2 heterocycles. The fourth-order valence-electron chi connectivity index (χ4n) is 2.61. The number of nitrogens with zero attached hydrogens (tertiary/aromatic N) is 3. The summed E-state index contributed by atoms with van der Waals surface area (Å²) in [4.78, 5) is 6.80. The van der Waals surface area contributed by atoms with Gasteiger partial charge in [-0.1, -0.05) is 0 Å². The number of piperidine rings is 1. The van der Waals surface area contributed by atoms with Gasteiger partial charge in [0.05, 0.1) is 11.7 Å². The number of rotatable bonds is 6. The van der Waals surface area contributed by atoms with Crippen LogP contribution < -0.4 is 5.32 Å². The van der Waals surface area contributed by atoms with E-state index < -0.39 is 0 Å². The summed E-state index contributed by atoms with van der Waals surface area (Å²) in [7, 11) is 2.16. The summed E-state index contributed by atoms with van der Waals surface area (Å²) in [6.45, 7) is 7.72. The summed E-state index contributed by atoms with van der Waals surface area (Å²) in [6.07, 6.45) is 3.58. The number of aromatic nitrogens is 1. The molecule has 0 bridgehead atoms. The third-order valence-corrected chi connectivity index (χ3v) is 4.22. The Kier molecular flexibility index (Phi) is 6.17. The summed E-state index contributed by atoms with van der Waals surface area (Å²) in [5.41, 5.74) is 2.62. The number of nitriles is 1. The van der Waals surface area contributed by atoms with Crippen LogP contribution in [0.4, 0.5) is 5.82 Å². The molecule has 1 N–H and O–H groups in total. The lowest BCUT2D eigenvalue weighted by Gasteiger charge is -2.28. The van der Waals surface area contributed by atoms with Crippen molar-refractivity contribution in [1.82, 2.24) is 9.88 Å². The lowest BCUT2D eigenvalue weighted by atomic mass is 10.1. The van der Waals surface area contributed by atoms with Gasteiger partial charge in [-0.3, -0.25) is 0 Å². The zero-order valence-electron chi connectivity index (χ0n) is 13.9. The molecule has 1 aliphatic heterocycles. The van der Waals surface area contributed by atoms with Crippen LogP contribution in [0.15, 0.2) is 6.07 Å². The van der Waals surface area contributed by atoms with Crippen LogP contribution in [0, 0.1) is 25.2 Å². The third kappa shape index (κ3) is 4.69. The number of hydrogen-bond donors (Lipinski definition) is 1. The summed E-state index contributed by atoms with van der Waals surface area (Å²) >= 11 is 0. The molecule has 0 atom stereocenters. The maximum Gasteiger partial charge on any atom is 0.144 e. The fourth-order valence-corrected chi connectivity index (χ4v) is 2.61. The second-order valence-corrected chi connectivity index (χ2v) is 6.05. The molecule has 0 saturated carbocycles. The second kappa shape index (κ2) is 8.11. The van der Waals surface area contributed by atoms with Gasteiger partial charge in [-0.15, -0.1) is 0 Å². The zero-order chi connectivity index (χ0) is 15.9. The Labute approximate surface area is 133 Å². The molecule has 5 heteroatoms. The van der Waals surface area contributed by atoms with Gasteiger partial charge < -0.3 is 15.0 Å². The van der Waals surface area contributed by atoms with Crippen molar-refractivity contribution in [2.24, 2.45) is 0 Å². The molecule has 2 rings (SSSR count). The standard InChI is InChI=1S/C17H26N4O/c1-13-11-15(12-18)17(20-14(13)2)19-7-4-10-22-16-5-8-21(3)9-6-16/h11,16H,4-10H2,1-3H3,(H,19,20). The molecule has 1 aromatic rings. The predicted octanol–water partition coefficient (Wildman–Crippen LogP) is 2.48. The Bertz CT molecular complexity index is 530. The van der Waals surface area contributed by atoms with Gasteiger partial charge in [-0.05, 0) is 51.8 Å². The van der Waals surface area contributed by atoms with Crippen molar-refractivity contribution in [2.45, 2.75) is 39.2 Å². The average molecular weight is 302 g/mol. The molecule has 1 aliphatic rings. The summed E-state index contributed by atoms with van der Waals surface area (Å²) < 4.78 is 5.92. The van der Waals surface area contributed by atoms with E-state index in [0.29, 0.717) is 17.5 Å². The van der Waals surface area contributed by atoms with E-state index in [9.17, 15) is 0 Å². The number of ether oxygens (including phenoxy) is 1. The zero-order valence-corrected chi connectivity index (χ0v) is 13.9. The Hall–Kier alpha value is -1.64. The molecule has 1 saturated heterocycles. The van der Waals surface area contributed by atoms with Crippen molar-refractivity contribution >= 4 is 5.82 Å². The minimum Gasteiger partial charge on any atom is -0.378 e. The molecular weight excluding hydrogens is 276 g/mol. The summed E-state index contributed by atoms with van der Waals surface area (Å²) in [5.74, 6) is 0.685. The molecule has 22 heavy (non-hydrogen) atoms. The van der Waals surface area contributed by atoms with Gasteiger partial charge in [0, 0.05) is 31.9 Å². The van der Waals surface area contributed by atoms with Crippen LogP contribution in [0.3, 0.4) is 0 Å². The van der Waals surface area contributed by atoms with Gasteiger partial charge in [0.2, 0.25) is 0 Å². The number of aryl methyl sites for hydroxylation is 2. The molecule has 0 spiro atoms. The van der Waals surface area contributed by atoms with Crippen molar-refractivity contribution in [3.8, 4) is 6.07 Å². The molecule has 0 aromatic carbocycles. The van der Waals surface area contributed by atoms with E-state index >= 15 is 0 Å². The molecule has 120 valence electrons. The van der Waals surface area contributed by atoms with Crippen molar-refractivity contribution in [2.75, 3.05) is 38.6 Å². The number of nitrogens with one attached hydrogen (secondary N) is 1. The van der Waals surface area contributed by atoms with E-state index in [1.807, 2.05) is 19.9 Å². The van der Waals surface area contributed by atoms with Crippen LogP contribution in [0.5, 0.6) is 0 Å². The van der Waals surface area contributed by atoms with Gasteiger partial charge in [-0.25, -0.2) is 4.98 Å². The van der Waals surface area contributed by atoms with Gasteiger partial charge in [0.25, 0.3) is 0 Å². The normalized spacial score (nSPS) is 16.5. The minimum atomic E-state index is 0.408. The van der Waals surface area contributed by atoms with E-state index in [1.54, 1.807) is 0 Å². The highest BCUT2D eigenvalue weighted by Gasteiger charge is 2.16. The first kappa shape index (κ1) is 16.7. The molecule has 0 amide bonds. The molecule has 1 aromatic heterocycles. The van der Waals surface area contributed by atoms with Crippen molar-refractivity contribution in [3.05, 3.63) is 22.9 Å². The van der Waals surface area contributed by atoms with Gasteiger partial charge in [0.15, 0.2) is 0 Å². The number of likely N-dealkylation sites (tertiary alicyclic amines) is 1. The lowest BCUT2D eigenvalue weighted by Crippen LogP contribution is -2.34. The Morgan fingerprint density at radius 3 is 2.82 bits per heavy atom. The van der Waals surface area contributed by atoms with Crippen LogP contribution in [0.25, 0.3) is 0 Å². The Balaban J connectivity index is 1.71. The van der Waals surface area contributed by atoms with Gasteiger partial charge in [-0.2, -0.15) is 5.26 Å². The highest BCUT2D eigenvalue weighted by molar-refractivity contribution is 5.53.